The van der Waals surface area contributed by atoms with Crippen molar-refractivity contribution in [1.82, 2.24) is 20.1 Å². The molecule has 5 aliphatic rings. The van der Waals surface area contributed by atoms with Crippen LogP contribution < -0.4 is 9.64 Å². The molecular formula is C32H39N5O4. The molecule has 2 aromatic heterocycles. The molecule has 2 bridgehead atoms. The zero-order valence-electron chi connectivity index (χ0n) is 23.9. The van der Waals surface area contributed by atoms with Crippen LogP contribution in [0.5, 0.6) is 6.01 Å². The number of benzene rings is 1. The molecule has 8 rings (SSSR count). The number of methoxy groups -OCH3 is 1. The van der Waals surface area contributed by atoms with E-state index in [-0.39, 0.29) is 16.7 Å². The Morgan fingerprint density at radius 2 is 1.80 bits per heavy atom. The fraction of sp³-hybridized carbons (Fsp3) is 0.594. The van der Waals surface area contributed by atoms with Gasteiger partial charge in [-0.3, -0.25) is 4.79 Å². The number of amides is 1. The second kappa shape index (κ2) is 10.8. The maximum atomic E-state index is 14.1. The Bertz CT molecular complexity index is 1370. The molecule has 5 fully saturated rings. The number of rotatable bonds is 9. The summed E-state index contributed by atoms with van der Waals surface area (Å²) in [5, 5.41) is 4.33. The Morgan fingerprint density at radius 1 is 1.02 bits per heavy atom. The number of carbonyl (C=O) groups is 1. The van der Waals surface area contributed by atoms with Crippen LogP contribution in [0.2, 0.25) is 0 Å². The van der Waals surface area contributed by atoms with E-state index in [0.29, 0.717) is 24.3 Å². The third-order valence-electron chi connectivity index (χ3n) is 10.1. The van der Waals surface area contributed by atoms with E-state index in [2.05, 4.69) is 32.2 Å². The van der Waals surface area contributed by atoms with Crippen LogP contribution in [-0.2, 0) is 14.9 Å². The average molecular weight is 558 g/mol. The lowest BCUT2D eigenvalue weighted by atomic mass is 9.53. The Kier molecular flexibility index (Phi) is 7.01. The molecule has 9 heteroatoms. The van der Waals surface area contributed by atoms with E-state index in [1.807, 2.05) is 18.2 Å². The molecule has 0 unspecified atom stereocenters. The van der Waals surface area contributed by atoms with Gasteiger partial charge in [-0.1, -0.05) is 17.3 Å². The van der Waals surface area contributed by atoms with Crippen LogP contribution in [0.15, 0.2) is 41.1 Å². The zero-order valence-corrected chi connectivity index (χ0v) is 23.9. The fourth-order valence-corrected chi connectivity index (χ4v) is 7.18. The number of nitrogens with zero attached hydrogens (tertiary/aromatic N) is 5. The van der Waals surface area contributed by atoms with Crippen LogP contribution in [-0.4, -0.2) is 52.9 Å². The van der Waals surface area contributed by atoms with Crippen molar-refractivity contribution in [2.45, 2.75) is 82.0 Å². The van der Waals surface area contributed by atoms with Gasteiger partial charge in [0.2, 0.25) is 11.8 Å². The Morgan fingerprint density at radius 3 is 2.54 bits per heavy atom. The van der Waals surface area contributed by atoms with Crippen molar-refractivity contribution in [3.8, 4) is 17.3 Å². The third-order valence-corrected chi connectivity index (χ3v) is 10.1. The summed E-state index contributed by atoms with van der Waals surface area (Å²) in [6.07, 6.45) is 12.8. The molecule has 1 aliphatic heterocycles. The van der Waals surface area contributed by atoms with E-state index in [1.165, 1.54) is 12.8 Å². The van der Waals surface area contributed by atoms with Crippen LogP contribution in [0.1, 0.15) is 88.3 Å². The summed E-state index contributed by atoms with van der Waals surface area (Å²) < 4.78 is 16.7. The lowest BCUT2D eigenvalue weighted by Crippen LogP contribution is -2.51. The van der Waals surface area contributed by atoms with Crippen molar-refractivity contribution in [1.29, 1.82) is 0 Å². The summed E-state index contributed by atoms with van der Waals surface area (Å²) >= 11 is 0. The van der Waals surface area contributed by atoms with E-state index in [9.17, 15) is 4.79 Å². The Hall–Kier alpha value is -3.33. The number of ether oxygens (including phenoxy) is 2. The minimum absolute atomic E-state index is 0.00477. The molecule has 3 aromatic rings. The summed E-state index contributed by atoms with van der Waals surface area (Å²) in [6.45, 7) is 2.22. The summed E-state index contributed by atoms with van der Waals surface area (Å²) in [5.74, 6) is 2.84. The molecule has 1 saturated heterocycles. The van der Waals surface area contributed by atoms with Gasteiger partial charge in [0.25, 0.3) is 0 Å². The summed E-state index contributed by atoms with van der Waals surface area (Å²) in [6, 6.07) is 10.4. The van der Waals surface area contributed by atoms with Crippen molar-refractivity contribution in [3.63, 3.8) is 0 Å². The van der Waals surface area contributed by atoms with E-state index in [4.69, 9.17) is 19.0 Å². The third kappa shape index (κ3) is 5.36. The average Bonchev–Trinajstić information content (AvgIpc) is 3.76. The molecule has 0 N–H and O–H groups in total. The van der Waals surface area contributed by atoms with E-state index in [0.717, 1.165) is 99.8 Å². The molecule has 9 nitrogen and oxygen atoms in total. The highest BCUT2D eigenvalue weighted by molar-refractivity contribution is 5.94. The number of aromatic nitrogens is 4. The van der Waals surface area contributed by atoms with Crippen molar-refractivity contribution in [3.05, 3.63) is 48.2 Å². The van der Waals surface area contributed by atoms with Gasteiger partial charge >= 0.3 is 6.01 Å². The maximum Gasteiger partial charge on any atom is 0.316 e. The predicted molar refractivity (Wildman–Crippen MR) is 153 cm³/mol. The summed E-state index contributed by atoms with van der Waals surface area (Å²) in [7, 11) is 1.57. The van der Waals surface area contributed by atoms with Crippen LogP contribution >= 0.6 is 0 Å². The number of fused-ring (bicyclic) bond motifs is 3. The summed E-state index contributed by atoms with van der Waals surface area (Å²) in [4.78, 5) is 29.7. The molecule has 216 valence electrons. The number of anilines is 1. The van der Waals surface area contributed by atoms with Crippen LogP contribution in [0.3, 0.4) is 0 Å². The highest BCUT2D eigenvalue weighted by Gasteiger charge is 2.53. The van der Waals surface area contributed by atoms with Gasteiger partial charge in [-0.25, -0.2) is 4.98 Å². The first kappa shape index (κ1) is 26.6. The summed E-state index contributed by atoms with van der Waals surface area (Å²) in [5.41, 5.74) is 2.75. The molecule has 3 heterocycles. The molecule has 1 amide bonds. The molecule has 1 aromatic carbocycles. The monoisotopic (exact) mass is 557 g/mol. The Balaban J connectivity index is 1.14. The number of hydrogen-bond acceptors (Lipinski definition) is 8. The number of hydrogen-bond donors (Lipinski definition) is 0. The van der Waals surface area contributed by atoms with Crippen molar-refractivity contribution in [2.75, 3.05) is 31.8 Å². The first-order valence-electron chi connectivity index (χ1n) is 15.2. The predicted octanol–water partition coefficient (Wildman–Crippen LogP) is 5.85. The minimum Gasteiger partial charge on any atom is -0.467 e. The molecule has 0 radical (unpaired) electrons. The highest BCUT2D eigenvalue weighted by atomic mass is 16.5. The van der Waals surface area contributed by atoms with E-state index >= 15 is 0 Å². The second-order valence-electron chi connectivity index (χ2n) is 12.7. The lowest BCUT2D eigenvalue weighted by molar-refractivity contribution is -0.121. The van der Waals surface area contributed by atoms with E-state index < -0.39 is 0 Å². The standard InChI is InChI=1S/C32H39N5O4/c1-39-30-33-16-7-26(34-30)24-3-2-4-25(20-24)37(27(38)19-22-8-17-40-18-9-22)21-31-10-13-32(14-11-31,15-12-31)29-35-28(36-41-29)23-5-6-23/h2-4,7,16,20,22-23H,5-6,8-15,17-19,21H2,1H3. The van der Waals surface area contributed by atoms with Gasteiger partial charge in [-0.05, 0) is 93.7 Å². The van der Waals surface area contributed by atoms with Gasteiger partial charge in [0.05, 0.1) is 12.8 Å². The van der Waals surface area contributed by atoms with Gasteiger partial charge < -0.3 is 18.9 Å². The Labute approximate surface area is 241 Å². The van der Waals surface area contributed by atoms with Gasteiger partial charge in [0, 0.05) is 55.0 Å². The smallest absolute Gasteiger partial charge is 0.316 e. The molecule has 41 heavy (non-hydrogen) atoms. The van der Waals surface area contributed by atoms with Crippen molar-refractivity contribution >= 4 is 11.6 Å². The van der Waals surface area contributed by atoms with Crippen molar-refractivity contribution < 1.29 is 18.8 Å². The molecule has 4 saturated carbocycles. The molecule has 4 aliphatic carbocycles. The van der Waals surface area contributed by atoms with Gasteiger partial charge in [0.15, 0.2) is 5.82 Å². The lowest BCUT2D eigenvalue weighted by Gasteiger charge is -2.53. The maximum absolute atomic E-state index is 14.1. The van der Waals surface area contributed by atoms with Gasteiger partial charge in [0.1, 0.15) is 0 Å². The first-order chi connectivity index (χ1) is 20.0. The molecular weight excluding hydrogens is 518 g/mol. The second-order valence-corrected chi connectivity index (χ2v) is 12.7. The van der Waals surface area contributed by atoms with Gasteiger partial charge in [-0.15, -0.1) is 0 Å². The SMILES string of the molecule is COc1nccc(-c2cccc(N(CC34CCC(c5nc(C6CC6)no5)(CC3)CC4)C(=O)CC3CCOCC3)c2)n1. The van der Waals surface area contributed by atoms with Crippen LogP contribution in [0, 0.1) is 11.3 Å². The normalized spacial score (nSPS) is 26.2. The minimum atomic E-state index is 0.00477. The quantitative estimate of drug-likeness (QED) is 0.323. The van der Waals surface area contributed by atoms with Crippen LogP contribution in [0.4, 0.5) is 5.69 Å². The first-order valence-corrected chi connectivity index (χ1v) is 15.2. The topological polar surface area (TPSA) is 103 Å². The fourth-order valence-electron chi connectivity index (χ4n) is 7.18. The van der Waals surface area contributed by atoms with Crippen molar-refractivity contribution in [2.24, 2.45) is 11.3 Å². The zero-order chi connectivity index (χ0) is 27.9. The largest absolute Gasteiger partial charge is 0.467 e. The highest BCUT2D eigenvalue weighted by Crippen LogP contribution is 2.58. The molecule has 0 atom stereocenters. The molecule has 0 spiro atoms. The van der Waals surface area contributed by atoms with Gasteiger partial charge in [-0.2, -0.15) is 9.97 Å². The number of carbonyl (C=O) groups excluding carboxylic acids is 1. The van der Waals surface area contributed by atoms with E-state index in [1.54, 1.807) is 13.3 Å². The van der Waals surface area contributed by atoms with Crippen LogP contribution in [0.25, 0.3) is 11.3 Å².